The van der Waals surface area contributed by atoms with Gasteiger partial charge in [-0.05, 0) is 26.0 Å². The molecule has 26 heavy (non-hydrogen) atoms. The lowest BCUT2D eigenvalue weighted by Crippen LogP contribution is -2.12. The van der Waals surface area contributed by atoms with Crippen LogP contribution in [0, 0.1) is 13.8 Å². The number of rotatable bonds is 7. The van der Waals surface area contributed by atoms with Crippen LogP contribution in [0.3, 0.4) is 0 Å². The van der Waals surface area contributed by atoms with Crippen LogP contribution in [0.4, 0.5) is 0 Å². The van der Waals surface area contributed by atoms with E-state index in [1.807, 2.05) is 68.4 Å². The zero-order chi connectivity index (χ0) is 18.5. The van der Waals surface area contributed by atoms with Crippen molar-refractivity contribution >= 4 is 11.6 Å². The zero-order valence-corrected chi connectivity index (χ0v) is 15.1. The average Bonchev–Trinajstić information content (AvgIpc) is 3.16. The minimum absolute atomic E-state index is 0.0168. The summed E-state index contributed by atoms with van der Waals surface area (Å²) in [6.45, 7) is 3.97. The second-order valence-electron chi connectivity index (χ2n) is 6.70. The molecule has 132 valence electrons. The molecule has 0 radical (unpaired) electrons. The lowest BCUT2D eigenvalue weighted by atomic mass is 9.89. The molecule has 0 saturated carbocycles. The van der Waals surface area contributed by atoms with Gasteiger partial charge < -0.3 is 4.42 Å². The third-order valence-electron chi connectivity index (χ3n) is 4.56. The molecule has 1 heterocycles. The van der Waals surface area contributed by atoms with Crippen molar-refractivity contribution in [2.45, 2.75) is 32.6 Å². The molecule has 0 amide bonds. The number of carbonyl (C=O) groups excluding carboxylic acids is 2. The quantitative estimate of drug-likeness (QED) is 0.529. The van der Waals surface area contributed by atoms with Gasteiger partial charge in [-0.1, -0.05) is 59.7 Å². The number of hydrogen-bond donors (Lipinski definition) is 0. The first-order chi connectivity index (χ1) is 12.5. The van der Waals surface area contributed by atoms with Crippen LogP contribution in [0.25, 0.3) is 0 Å². The number of Topliss-reactive ketones (excluding diaryl/α,β-unsaturated/α-hetero) is 2. The van der Waals surface area contributed by atoms with Crippen LogP contribution in [0.5, 0.6) is 0 Å². The van der Waals surface area contributed by atoms with Crippen LogP contribution in [-0.2, 0) is 0 Å². The Morgan fingerprint density at radius 1 is 0.769 bits per heavy atom. The van der Waals surface area contributed by atoms with Crippen molar-refractivity contribution in [3.63, 3.8) is 0 Å². The first-order valence-corrected chi connectivity index (χ1v) is 8.76. The van der Waals surface area contributed by atoms with E-state index in [1.165, 1.54) is 0 Å². The largest absolute Gasteiger partial charge is 0.469 e. The van der Waals surface area contributed by atoms with Crippen LogP contribution in [0.1, 0.15) is 56.4 Å². The van der Waals surface area contributed by atoms with Crippen LogP contribution < -0.4 is 0 Å². The lowest BCUT2D eigenvalue weighted by molar-refractivity contribution is 0.0938. The molecule has 0 aliphatic heterocycles. The molecule has 0 spiro atoms. The molecular formula is C23H22O3. The second kappa shape index (κ2) is 7.96. The predicted octanol–water partition coefficient (Wildman–Crippen LogP) is 5.53. The highest BCUT2D eigenvalue weighted by atomic mass is 16.3. The standard InChI is InChI=1S/C23H22O3/c1-16-5-9-18(10-6-16)21(24)14-20(23-4-3-13-26-23)15-22(25)19-11-7-17(2)8-12-19/h3-13,20H,14-15H2,1-2H3. The van der Waals surface area contributed by atoms with Crippen molar-refractivity contribution in [3.8, 4) is 0 Å². The fourth-order valence-electron chi connectivity index (χ4n) is 2.96. The van der Waals surface area contributed by atoms with E-state index in [9.17, 15) is 9.59 Å². The summed E-state index contributed by atoms with van der Waals surface area (Å²) in [5.74, 6) is 0.435. The van der Waals surface area contributed by atoms with Gasteiger partial charge >= 0.3 is 0 Å². The van der Waals surface area contributed by atoms with Gasteiger partial charge in [0.25, 0.3) is 0 Å². The molecule has 0 N–H and O–H groups in total. The summed E-state index contributed by atoms with van der Waals surface area (Å²) < 4.78 is 5.50. The molecule has 2 aromatic carbocycles. The highest BCUT2D eigenvalue weighted by Crippen LogP contribution is 2.27. The number of carbonyl (C=O) groups is 2. The van der Waals surface area contributed by atoms with Crippen LogP contribution in [0.15, 0.2) is 71.3 Å². The smallest absolute Gasteiger partial charge is 0.163 e. The maximum Gasteiger partial charge on any atom is 0.163 e. The molecule has 0 unspecified atom stereocenters. The minimum Gasteiger partial charge on any atom is -0.469 e. The van der Waals surface area contributed by atoms with Gasteiger partial charge in [0.1, 0.15) is 5.76 Å². The number of aryl methyl sites for hydroxylation is 2. The Hall–Kier alpha value is -2.94. The van der Waals surface area contributed by atoms with E-state index in [1.54, 1.807) is 12.3 Å². The average molecular weight is 346 g/mol. The van der Waals surface area contributed by atoms with E-state index in [0.29, 0.717) is 16.9 Å². The van der Waals surface area contributed by atoms with E-state index in [0.717, 1.165) is 11.1 Å². The van der Waals surface area contributed by atoms with Crippen LogP contribution in [-0.4, -0.2) is 11.6 Å². The number of benzene rings is 2. The predicted molar refractivity (Wildman–Crippen MR) is 102 cm³/mol. The molecule has 3 nitrogen and oxygen atoms in total. The summed E-state index contributed by atoms with van der Waals surface area (Å²) in [6.07, 6.45) is 2.07. The summed E-state index contributed by atoms with van der Waals surface area (Å²) in [6, 6.07) is 18.6. The van der Waals surface area contributed by atoms with Gasteiger partial charge in [-0.25, -0.2) is 0 Å². The van der Waals surface area contributed by atoms with Gasteiger partial charge in [0.2, 0.25) is 0 Å². The first-order valence-electron chi connectivity index (χ1n) is 8.76. The van der Waals surface area contributed by atoms with Crippen LogP contribution in [0.2, 0.25) is 0 Å². The first kappa shape index (κ1) is 17.9. The van der Waals surface area contributed by atoms with E-state index in [-0.39, 0.29) is 30.3 Å². The zero-order valence-electron chi connectivity index (χ0n) is 15.1. The van der Waals surface area contributed by atoms with Crippen molar-refractivity contribution in [2.24, 2.45) is 0 Å². The van der Waals surface area contributed by atoms with Gasteiger partial charge in [0.05, 0.1) is 6.26 Å². The summed E-state index contributed by atoms with van der Waals surface area (Å²) in [4.78, 5) is 25.3. The number of ketones is 2. The molecule has 1 aromatic heterocycles. The van der Waals surface area contributed by atoms with Gasteiger partial charge in [-0.3, -0.25) is 9.59 Å². The minimum atomic E-state index is -0.271. The van der Waals surface area contributed by atoms with E-state index in [2.05, 4.69) is 0 Å². The highest BCUT2D eigenvalue weighted by molar-refractivity contribution is 5.99. The van der Waals surface area contributed by atoms with Crippen molar-refractivity contribution in [2.75, 3.05) is 0 Å². The third-order valence-corrected chi connectivity index (χ3v) is 4.56. The summed E-state index contributed by atoms with van der Waals surface area (Å²) in [5, 5.41) is 0. The van der Waals surface area contributed by atoms with E-state index in [4.69, 9.17) is 4.42 Å². The Morgan fingerprint density at radius 2 is 1.23 bits per heavy atom. The highest BCUT2D eigenvalue weighted by Gasteiger charge is 2.23. The molecule has 3 heteroatoms. The molecule has 0 atom stereocenters. The van der Waals surface area contributed by atoms with Gasteiger partial charge in [-0.15, -0.1) is 0 Å². The second-order valence-corrected chi connectivity index (χ2v) is 6.70. The molecule has 3 aromatic rings. The Kier molecular flexibility index (Phi) is 5.47. The van der Waals surface area contributed by atoms with E-state index < -0.39 is 0 Å². The third kappa shape index (κ3) is 4.37. The SMILES string of the molecule is Cc1ccc(C(=O)CC(CC(=O)c2ccc(C)cc2)c2ccco2)cc1. The lowest BCUT2D eigenvalue weighted by Gasteiger charge is -2.14. The Morgan fingerprint density at radius 3 is 1.62 bits per heavy atom. The monoisotopic (exact) mass is 346 g/mol. The fraction of sp³-hybridized carbons (Fsp3) is 0.217. The van der Waals surface area contributed by atoms with Gasteiger partial charge in [0.15, 0.2) is 11.6 Å². The normalized spacial score (nSPS) is 10.9. The maximum absolute atomic E-state index is 12.7. The summed E-state index contributed by atoms with van der Waals surface area (Å²) in [7, 11) is 0. The summed E-state index contributed by atoms with van der Waals surface area (Å²) in [5.41, 5.74) is 3.54. The van der Waals surface area contributed by atoms with Gasteiger partial charge in [-0.2, -0.15) is 0 Å². The molecule has 0 aliphatic rings. The molecule has 0 bridgehead atoms. The van der Waals surface area contributed by atoms with E-state index >= 15 is 0 Å². The molecule has 3 rings (SSSR count). The Labute approximate surface area is 153 Å². The van der Waals surface area contributed by atoms with Crippen molar-refractivity contribution in [3.05, 3.63) is 94.9 Å². The van der Waals surface area contributed by atoms with Crippen molar-refractivity contribution in [1.29, 1.82) is 0 Å². The topological polar surface area (TPSA) is 47.3 Å². The van der Waals surface area contributed by atoms with Crippen LogP contribution >= 0.6 is 0 Å². The number of furan rings is 1. The molecule has 0 aliphatic carbocycles. The van der Waals surface area contributed by atoms with Crippen molar-refractivity contribution in [1.82, 2.24) is 0 Å². The maximum atomic E-state index is 12.7. The Bertz CT molecular complexity index is 813. The fourth-order valence-corrected chi connectivity index (χ4v) is 2.96. The van der Waals surface area contributed by atoms with Gasteiger partial charge in [0, 0.05) is 29.9 Å². The Balaban J connectivity index is 1.77. The molecule has 0 fully saturated rings. The number of hydrogen-bond acceptors (Lipinski definition) is 3. The molecular weight excluding hydrogens is 324 g/mol. The van der Waals surface area contributed by atoms with Crippen molar-refractivity contribution < 1.29 is 14.0 Å². The molecule has 0 saturated heterocycles. The summed E-state index contributed by atoms with van der Waals surface area (Å²) >= 11 is 0.